The van der Waals surface area contributed by atoms with Crippen molar-refractivity contribution in [3.05, 3.63) is 70.0 Å². The number of carbonyl (C=O) groups excluding carboxylic acids is 2. The van der Waals surface area contributed by atoms with E-state index in [-0.39, 0.29) is 17.5 Å². The zero-order chi connectivity index (χ0) is 20.1. The maximum absolute atomic E-state index is 13.5. The van der Waals surface area contributed by atoms with Crippen LogP contribution in [-0.2, 0) is 22.5 Å². The molecule has 0 bridgehead atoms. The van der Waals surface area contributed by atoms with Crippen LogP contribution in [0.3, 0.4) is 0 Å². The third-order valence-corrected chi connectivity index (χ3v) is 5.52. The lowest BCUT2D eigenvalue weighted by Crippen LogP contribution is -2.48. The van der Waals surface area contributed by atoms with E-state index in [4.69, 9.17) is 9.47 Å². The highest BCUT2D eigenvalue weighted by Gasteiger charge is 2.36. The molecular formula is C22H18N2O5. The van der Waals surface area contributed by atoms with Gasteiger partial charge in [-0.3, -0.25) is 9.59 Å². The lowest BCUT2D eigenvalue weighted by Gasteiger charge is -2.33. The van der Waals surface area contributed by atoms with E-state index in [1.807, 2.05) is 16.7 Å². The van der Waals surface area contributed by atoms with Crippen LogP contribution in [0.2, 0.25) is 0 Å². The van der Waals surface area contributed by atoms with Crippen molar-refractivity contribution >= 4 is 28.5 Å². The van der Waals surface area contributed by atoms with Gasteiger partial charge in [0.05, 0.1) is 24.9 Å². The van der Waals surface area contributed by atoms with Gasteiger partial charge in [-0.2, -0.15) is 0 Å². The third-order valence-electron chi connectivity index (χ3n) is 5.52. The lowest BCUT2D eigenvalue weighted by molar-refractivity contribution is -0.148. The second-order valence-corrected chi connectivity index (χ2v) is 7.14. The van der Waals surface area contributed by atoms with Gasteiger partial charge in [-0.25, -0.2) is 4.79 Å². The van der Waals surface area contributed by atoms with E-state index in [0.717, 1.165) is 24.0 Å². The van der Waals surface area contributed by atoms with Crippen molar-refractivity contribution < 1.29 is 19.1 Å². The fourth-order valence-corrected chi connectivity index (χ4v) is 4.14. The average molecular weight is 390 g/mol. The molecule has 0 saturated carbocycles. The highest BCUT2D eigenvalue weighted by Crippen LogP contribution is 2.34. The molecule has 2 aromatic carbocycles. The quantitative estimate of drug-likeness (QED) is 0.627. The fourth-order valence-electron chi connectivity index (χ4n) is 4.14. The minimum absolute atomic E-state index is 0.0277. The third kappa shape index (κ3) is 2.61. The number of fused-ring (bicyclic) bond motifs is 1. The van der Waals surface area contributed by atoms with Crippen molar-refractivity contribution in [3.8, 4) is 5.75 Å². The van der Waals surface area contributed by atoms with Crippen LogP contribution in [0.5, 0.6) is 5.75 Å². The monoisotopic (exact) mass is 390 g/mol. The first-order chi connectivity index (χ1) is 14.1. The molecule has 1 amide bonds. The van der Waals surface area contributed by atoms with Gasteiger partial charge in [0.15, 0.2) is 0 Å². The summed E-state index contributed by atoms with van der Waals surface area (Å²) >= 11 is 0. The largest absolute Gasteiger partial charge is 0.475 e. The molecule has 0 radical (unpaired) electrons. The van der Waals surface area contributed by atoms with E-state index in [1.54, 1.807) is 36.5 Å². The van der Waals surface area contributed by atoms with Gasteiger partial charge in [0.25, 0.3) is 5.91 Å². The second kappa shape index (κ2) is 6.48. The van der Waals surface area contributed by atoms with E-state index in [2.05, 4.69) is 0 Å². The topological polar surface area (TPSA) is 77.8 Å². The van der Waals surface area contributed by atoms with E-state index < -0.39 is 18.0 Å². The van der Waals surface area contributed by atoms with Crippen molar-refractivity contribution in [1.29, 1.82) is 0 Å². The number of aromatic nitrogens is 1. The number of rotatable bonds is 2. The predicted molar refractivity (Wildman–Crippen MR) is 106 cm³/mol. The van der Waals surface area contributed by atoms with Crippen LogP contribution in [0.4, 0.5) is 5.69 Å². The SMILES string of the molecule is COC(=O)[C@H]1CN(C(=O)c2cn3c4c(cccc4c2=O)CC3)c2ccccc2O1. The minimum atomic E-state index is -0.955. The van der Waals surface area contributed by atoms with Gasteiger partial charge in [0, 0.05) is 18.1 Å². The Morgan fingerprint density at radius 2 is 1.97 bits per heavy atom. The summed E-state index contributed by atoms with van der Waals surface area (Å²) in [4.78, 5) is 40.1. The highest BCUT2D eigenvalue weighted by atomic mass is 16.6. The summed E-state index contributed by atoms with van der Waals surface area (Å²) in [7, 11) is 1.27. The summed E-state index contributed by atoms with van der Waals surface area (Å²) in [5.74, 6) is -0.631. The zero-order valence-electron chi connectivity index (χ0n) is 15.8. The molecule has 0 spiro atoms. The molecular weight excluding hydrogens is 372 g/mol. The number of amides is 1. The predicted octanol–water partition coefficient (Wildman–Crippen LogP) is 2.14. The molecule has 3 aromatic rings. The van der Waals surface area contributed by atoms with Gasteiger partial charge in [0.1, 0.15) is 11.3 Å². The van der Waals surface area contributed by atoms with Gasteiger partial charge < -0.3 is 18.9 Å². The molecule has 0 unspecified atom stereocenters. The molecule has 0 aliphatic carbocycles. The van der Waals surface area contributed by atoms with Crippen LogP contribution in [0.1, 0.15) is 15.9 Å². The number of nitrogens with zero attached hydrogens (tertiary/aromatic N) is 2. The molecule has 0 saturated heterocycles. The standard InChI is InChI=1S/C22H18N2O5/c1-28-22(27)18-12-24(16-7-2-3-8-17(16)29-18)21(26)15-11-23-10-9-13-5-4-6-14(19(13)23)20(15)25/h2-8,11,18H,9-10,12H2,1H3/t18-/m1/s1. The van der Waals surface area contributed by atoms with Crippen molar-refractivity contribution in [1.82, 2.24) is 4.57 Å². The summed E-state index contributed by atoms with van der Waals surface area (Å²) < 4.78 is 12.5. The Bertz CT molecular complexity index is 1230. The summed E-state index contributed by atoms with van der Waals surface area (Å²) in [5, 5.41) is 0.539. The Balaban J connectivity index is 1.63. The van der Waals surface area contributed by atoms with Gasteiger partial charge >= 0.3 is 5.97 Å². The van der Waals surface area contributed by atoms with Crippen molar-refractivity contribution in [2.75, 3.05) is 18.6 Å². The molecule has 146 valence electrons. The van der Waals surface area contributed by atoms with Crippen molar-refractivity contribution in [2.45, 2.75) is 19.1 Å². The first kappa shape index (κ1) is 17.5. The summed E-state index contributed by atoms with van der Waals surface area (Å²) in [5.41, 5.74) is 2.30. The van der Waals surface area contributed by atoms with Gasteiger partial charge in [-0.15, -0.1) is 0 Å². The Labute approximate surface area is 166 Å². The maximum atomic E-state index is 13.5. The summed E-state index contributed by atoms with van der Waals surface area (Å²) in [6.07, 6.45) is 1.51. The average Bonchev–Trinajstić information content (AvgIpc) is 3.18. The van der Waals surface area contributed by atoms with Crippen LogP contribution in [0.25, 0.3) is 10.9 Å². The zero-order valence-corrected chi connectivity index (χ0v) is 15.8. The molecule has 0 N–H and O–H groups in total. The van der Waals surface area contributed by atoms with Crippen LogP contribution in [-0.4, -0.2) is 36.2 Å². The van der Waals surface area contributed by atoms with Crippen LogP contribution in [0, 0.1) is 0 Å². The molecule has 29 heavy (non-hydrogen) atoms. The van der Waals surface area contributed by atoms with E-state index in [0.29, 0.717) is 16.8 Å². The number of aryl methyl sites for hydroxylation is 2. The number of methoxy groups -OCH3 is 1. The Morgan fingerprint density at radius 3 is 2.79 bits per heavy atom. The van der Waals surface area contributed by atoms with Gasteiger partial charge in [-0.1, -0.05) is 24.3 Å². The first-order valence-electron chi connectivity index (χ1n) is 9.39. The number of ether oxygens (including phenoxy) is 2. The smallest absolute Gasteiger partial charge is 0.348 e. The number of hydrogen-bond donors (Lipinski definition) is 0. The molecule has 5 rings (SSSR count). The minimum Gasteiger partial charge on any atom is -0.475 e. The highest BCUT2D eigenvalue weighted by molar-refractivity contribution is 6.09. The van der Waals surface area contributed by atoms with Gasteiger partial charge in [0.2, 0.25) is 11.5 Å². The molecule has 1 aromatic heterocycles. The Hall–Kier alpha value is -3.61. The second-order valence-electron chi connectivity index (χ2n) is 7.14. The molecule has 1 atom stereocenters. The number of para-hydroxylation sites is 3. The molecule has 2 aliphatic rings. The fraction of sp³-hybridized carbons (Fsp3) is 0.227. The normalized spacial score (nSPS) is 17.0. The molecule has 7 heteroatoms. The van der Waals surface area contributed by atoms with E-state index in [1.165, 1.54) is 12.0 Å². The Kier molecular flexibility index (Phi) is 3.91. The van der Waals surface area contributed by atoms with Gasteiger partial charge in [-0.05, 0) is 30.2 Å². The summed E-state index contributed by atoms with van der Waals surface area (Å²) in [6, 6.07) is 12.6. The van der Waals surface area contributed by atoms with E-state index in [9.17, 15) is 14.4 Å². The number of esters is 1. The number of benzene rings is 2. The number of hydrogen-bond acceptors (Lipinski definition) is 5. The molecule has 2 aliphatic heterocycles. The summed E-state index contributed by atoms with van der Waals surface area (Å²) in [6.45, 7) is 0.695. The van der Waals surface area contributed by atoms with Crippen molar-refractivity contribution in [2.24, 2.45) is 0 Å². The molecule has 7 nitrogen and oxygen atoms in total. The van der Waals surface area contributed by atoms with Crippen LogP contribution < -0.4 is 15.1 Å². The van der Waals surface area contributed by atoms with Crippen LogP contribution in [0.15, 0.2) is 53.5 Å². The number of anilines is 1. The first-order valence-corrected chi connectivity index (χ1v) is 9.39. The lowest BCUT2D eigenvalue weighted by atomic mass is 10.1. The van der Waals surface area contributed by atoms with Crippen LogP contribution >= 0.6 is 0 Å². The Morgan fingerprint density at radius 1 is 1.14 bits per heavy atom. The van der Waals surface area contributed by atoms with Crippen molar-refractivity contribution in [3.63, 3.8) is 0 Å². The molecule has 3 heterocycles. The number of pyridine rings is 1. The maximum Gasteiger partial charge on any atom is 0.348 e. The van der Waals surface area contributed by atoms with E-state index >= 15 is 0 Å². The molecule has 0 fully saturated rings. The number of carbonyl (C=O) groups is 2.